The molecule has 2 unspecified atom stereocenters. The third kappa shape index (κ3) is 2.69. The van der Waals surface area contributed by atoms with Crippen molar-refractivity contribution in [3.8, 4) is 0 Å². The van der Waals surface area contributed by atoms with Crippen molar-refractivity contribution in [1.82, 2.24) is 9.78 Å². The number of aryl methyl sites for hydroxylation is 1. The Kier molecular flexibility index (Phi) is 3.83. The molecule has 0 radical (unpaired) electrons. The van der Waals surface area contributed by atoms with Crippen LogP contribution < -0.4 is 10.9 Å². The Morgan fingerprint density at radius 3 is 3.12 bits per heavy atom. The van der Waals surface area contributed by atoms with Crippen molar-refractivity contribution in [1.29, 1.82) is 0 Å². The number of hydrogen-bond acceptors (Lipinski definition) is 4. The molecule has 6 heteroatoms. The first-order chi connectivity index (χ1) is 8.09. The van der Waals surface area contributed by atoms with Crippen molar-refractivity contribution < 1.29 is 4.74 Å². The molecule has 2 heterocycles. The van der Waals surface area contributed by atoms with Gasteiger partial charge in [-0.1, -0.05) is 0 Å². The van der Waals surface area contributed by atoms with Gasteiger partial charge in [-0.2, -0.15) is 5.10 Å². The number of nitrogens with one attached hydrogen (secondary N) is 1. The van der Waals surface area contributed by atoms with Crippen LogP contribution in [-0.4, -0.2) is 29.0 Å². The maximum atomic E-state index is 11.6. The summed E-state index contributed by atoms with van der Waals surface area (Å²) in [7, 11) is 1.63. The summed E-state index contributed by atoms with van der Waals surface area (Å²) in [5, 5.41) is 7.23. The van der Waals surface area contributed by atoms with Crippen LogP contribution >= 0.6 is 15.9 Å². The lowest BCUT2D eigenvalue weighted by Crippen LogP contribution is -2.24. The topological polar surface area (TPSA) is 56.1 Å². The second-order valence-corrected chi connectivity index (χ2v) is 5.10. The first-order valence-electron chi connectivity index (χ1n) is 5.67. The summed E-state index contributed by atoms with van der Waals surface area (Å²) in [4.78, 5) is 11.6. The van der Waals surface area contributed by atoms with E-state index in [0.717, 1.165) is 25.3 Å². The van der Waals surface area contributed by atoms with Gasteiger partial charge < -0.3 is 10.1 Å². The summed E-state index contributed by atoms with van der Waals surface area (Å²) < 4.78 is 7.33. The lowest BCUT2D eigenvalue weighted by Gasteiger charge is -2.16. The zero-order valence-electron chi connectivity index (χ0n) is 9.94. The Morgan fingerprint density at radius 2 is 2.47 bits per heavy atom. The van der Waals surface area contributed by atoms with Crippen LogP contribution in [0.15, 0.2) is 15.5 Å². The molecule has 1 aromatic rings. The molecule has 0 aliphatic carbocycles. The fourth-order valence-corrected chi connectivity index (χ4v) is 2.42. The van der Waals surface area contributed by atoms with Crippen LogP contribution in [0.25, 0.3) is 0 Å². The second-order valence-electron chi connectivity index (χ2n) is 4.31. The zero-order valence-corrected chi connectivity index (χ0v) is 11.5. The zero-order chi connectivity index (χ0) is 12.4. The van der Waals surface area contributed by atoms with Crippen molar-refractivity contribution in [3.63, 3.8) is 0 Å². The highest BCUT2D eigenvalue weighted by molar-refractivity contribution is 9.10. The largest absolute Gasteiger partial charge is 0.382 e. The van der Waals surface area contributed by atoms with Gasteiger partial charge in [0.1, 0.15) is 4.47 Å². The number of halogens is 1. The summed E-state index contributed by atoms with van der Waals surface area (Å²) in [6, 6.07) is 0. The molecule has 1 aromatic heterocycles. The SMILES string of the molecule is CC1OCCC1CNc1cnn(C)c(=O)c1Br. The van der Waals surface area contributed by atoms with Gasteiger partial charge >= 0.3 is 0 Å². The van der Waals surface area contributed by atoms with Crippen molar-refractivity contribution in [2.45, 2.75) is 19.4 Å². The van der Waals surface area contributed by atoms with Crippen molar-refractivity contribution in [2.75, 3.05) is 18.5 Å². The molecule has 0 amide bonds. The molecule has 1 aliphatic heterocycles. The van der Waals surface area contributed by atoms with Gasteiger partial charge in [0.05, 0.1) is 18.0 Å². The number of ether oxygens (including phenoxy) is 1. The van der Waals surface area contributed by atoms with E-state index in [-0.39, 0.29) is 11.7 Å². The highest BCUT2D eigenvalue weighted by atomic mass is 79.9. The van der Waals surface area contributed by atoms with Gasteiger partial charge in [0.15, 0.2) is 0 Å². The van der Waals surface area contributed by atoms with Gasteiger partial charge in [0, 0.05) is 26.1 Å². The molecule has 1 aliphatic rings. The Labute approximate surface area is 108 Å². The van der Waals surface area contributed by atoms with E-state index in [4.69, 9.17) is 4.74 Å². The molecule has 0 spiro atoms. The molecule has 0 bridgehead atoms. The van der Waals surface area contributed by atoms with E-state index >= 15 is 0 Å². The van der Waals surface area contributed by atoms with Gasteiger partial charge in [0.25, 0.3) is 5.56 Å². The highest BCUT2D eigenvalue weighted by Gasteiger charge is 2.24. The number of hydrogen-bond donors (Lipinski definition) is 1. The average molecular weight is 302 g/mol. The molecule has 94 valence electrons. The molecular weight excluding hydrogens is 286 g/mol. The van der Waals surface area contributed by atoms with E-state index in [1.165, 1.54) is 4.68 Å². The predicted octanol–water partition coefficient (Wildman–Crippen LogP) is 1.38. The summed E-state index contributed by atoms with van der Waals surface area (Å²) in [6.45, 7) is 3.70. The Balaban J connectivity index is 2.04. The maximum absolute atomic E-state index is 11.6. The third-order valence-corrected chi connectivity index (χ3v) is 3.93. The standard InChI is InChI=1S/C11H16BrN3O2/c1-7-8(3-4-17-7)5-13-9-6-14-15(2)11(16)10(9)12/h6-8,13H,3-5H2,1-2H3. The third-order valence-electron chi connectivity index (χ3n) is 3.17. The lowest BCUT2D eigenvalue weighted by atomic mass is 10.0. The minimum absolute atomic E-state index is 0.134. The van der Waals surface area contributed by atoms with E-state index in [9.17, 15) is 4.79 Å². The van der Waals surface area contributed by atoms with E-state index in [1.807, 2.05) is 0 Å². The van der Waals surface area contributed by atoms with Gasteiger partial charge in [-0.25, -0.2) is 4.68 Å². The van der Waals surface area contributed by atoms with Gasteiger partial charge in [-0.15, -0.1) is 0 Å². The summed E-state index contributed by atoms with van der Waals surface area (Å²) in [5.74, 6) is 0.492. The average Bonchev–Trinajstić information content (AvgIpc) is 2.71. The molecule has 1 N–H and O–H groups in total. The number of aromatic nitrogens is 2. The predicted molar refractivity (Wildman–Crippen MR) is 69.2 cm³/mol. The van der Waals surface area contributed by atoms with Crippen LogP contribution in [0, 0.1) is 5.92 Å². The molecule has 0 saturated carbocycles. The van der Waals surface area contributed by atoms with Crippen LogP contribution in [0.1, 0.15) is 13.3 Å². The molecular formula is C11H16BrN3O2. The first kappa shape index (κ1) is 12.6. The molecule has 2 atom stereocenters. The van der Waals surface area contributed by atoms with Crippen LogP contribution in [0.2, 0.25) is 0 Å². The van der Waals surface area contributed by atoms with Crippen LogP contribution in [0.4, 0.5) is 5.69 Å². The van der Waals surface area contributed by atoms with Crippen LogP contribution in [0.3, 0.4) is 0 Å². The Morgan fingerprint density at radius 1 is 1.71 bits per heavy atom. The minimum atomic E-state index is -0.134. The fraction of sp³-hybridized carbons (Fsp3) is 0.636. The van der Waals surface area contributed by atoms with E-state index in [1.54, 1.807) is 13.2 Å². The van der Waals surface area contributed by atoms with Crippen LogP contribution in [-0.2, 0) is 11.8 Å². The summed E-state index contributed by atoms with van der Waals surface area (Å²) in [6.07, 6.45) is 3.00. The quantitative estimate of drug-likeness (QED) is 0.916. The van der Waals surface area contributed by atoms with E-state index in [0.29, 0.717) is 10.4 Å². The lowest BCUT2D eigenvalue weighted by molar-refractivity contribution is 0.108. The molecule has 2 rings (SSSR count). The molecule has 1 fully saturated rings. The second kappa shape index (κ2) is 5.18. The number of nitrogens with zero attached hydrogens (tertiary/aromatic N) is 2. The summed E-state index contributed by atoms with van der Waals surface area (Å²) >= 11 is 3.29. The summed E-state index contributed by atoms with van der Waals surface area (Å²) in [5.41, 5.74) is 0.609. The number of anilines is 1. The number of rotatable bonds is 3. The minimum Gasteiger partial charge on any atom is -0.382 e. The normalized spacial score (nSPS) is 23.9. The molecule has 5 nitrogen and oxygen atoms in total. The molecule has 1 saturated heterocycles. The van der Waals surface area contributed by atoms with Gasteiger partial charge in [-0.05, 0) is 29.3 Å². The fourth-order valence-electron chi connectivity index (χ4n) is 1.92. The van der Waals surface area contributed by atoms with E-state index < -0.39 is 0 Å². The first-order valence-corrected chi connectivity index (χ1v) is 6.46. The Bertz CT molecular complexity index is 461. The van der Waals surface area contributed by atoms with E-state index in [2.05, 4.69) is 33.3 Å². The monoisotopic (exact) mass is 301 g/mol. The maximum Gasteiger partial charge on any atom is 0.282 e. The van der Waals surface area contributed by atoms with Crippen LogP contribution in [0.5, 0.6) is 0 Å². The van der Waals surface area contributed by atoms with Crippen molar-refractivity contribution in [2.24, 2.45) is 13.0 Å². The molecule has 17 heavy (non-hydrogen) atoms. The van der Waals surface area contributed by atoms with Gasteiger partial charge in [-0.3, -0.25) is 4.79 Å². The smallest absolute Gasteiger partial charge is 0.282 e. The van der Waals surface area contributed by atoms with Crippen molar-refractivity contribution >= 4 is 21.6 Å². The highest BCUT2D eigenvalue weighted by Crippen LogP contribution is 2.22. The van der Waals surface area contributed by atoms with Gasteiger partial charge in [0.2, 0.25) is 0 Å². The Hall–Kier alpha value is -0.880. The molecule has 0 aromatic carbocycles. The van der Waals surface area contributed by atoms with Crippen molar-refractivity contribution in [3.05, 3.63) is 21.0 Å².